The number of aryl methyl sites for hydroxylation is 3. The minimum absolute atomic E-state index is 0.219. The van der Waals surface area contributed by atoms with Crippen LogP contribution in [0.25, 0.3) is 0 Å². The first-order chi connectivity index (χ1) is 8.76. The van der Waals surface area contributed by atoms with Gasteiger partial charge in [0.15, 0.2) is 0 Å². The third-order valence-corrected chi connectivity index (χ3v) is 3.60. The first kappa shape index (κ1) is 13.6. The van der Waals surface area contributed by atoms with Crippen molar-refractivity contribution < 1.29 is 5.11 Å². The summed E-state index contributed by atoms with van der Waals surface area (Å²) in [6.45, 7) is 5.42. The van der Waals surface area contributed by atoms with Crippen LogP contribution in [0, 0.1) is 0 Å². The molecule has 0 aromatic carbocycles. The predicted molar refractivity (Wildman–Crippen MR) is 72.6 cm³/mol. The Bertz CT molecular complexity index is 371. The van der Waals surface area contributed by atoms with E-state index in [1.165, 1.54) is 24.2 Å². The number of hydrogen-bond acceptors (Lipinski definition) is 3. The van der Waals surface area contributed by atoms with Gasteiger partial charge in [0.1, 0.15) is 0 Å². The molecule has 0 saturated heterocycles. The van der Waals surface area contributed by atoms with Crippen molar-refractivity contribution in [1.29, 1.82) is 0 Å². The molecule has 1 aliphatic carbocycles. The summed E-state index contributed by atoms with van der Waals surface area (Å²) in [5.41, 5.74) is 2.47. The van der Waals surface area contributed by atoms with Crippen molar-refractivity contribution in [2.24, 2.45) is 0 Å². The summed E-state index contributed by atoms with van der Waals surface area (Å²) in [6, 6.07) is 3.07. The Kier molecular flexibility index (Phi) is 4.78. The molecule has 1 fully saturated rings. The largest absolute Gasteiger partial charge is 0.395 e. The van der Waals surface area contributed by atoms with Gasteiger partial charge in [0.05, 0.1) is 12.3 Å². The van der Waals surface area contributed by atoms with Crippen molar-refractivity contribution in [3.8, 4) is 0 Å². The van der Waals surface area contributed by atoms with Crippen LogP contribution in [-0.2, 0) is 19.4 Å². The van der Waals surface area contributed by atoms with Gasteiger partial charge in [-0.2, -0.15) is 5.10 Å². The number of aliphatic hydroxyl groups excluding tert-OH is 1. The molecule has 0 amide bonds. The van der Waals surface area contributed by atoms with E-state index < -0.39 is 0 Å². The lowest BCUT2D eigenvalue weighted by atomic mass is 10.2. The smallest absolute Gasteiger partial charge is 0.0624 e. The van der Waals surface area contributed by atoms with Crippen molar-refractivity contribution in [2.45, 2.75) is 64.6 Å². The van der Waals surface area contributed by atoms with Crippen molar-refractivity contribution in [3.05, 3.63) is 17.5 Å². The third-order valence-electron chi connectivity index (χ3n) is 3.60. The van der Waals surface area contributed by atoms with E-state index in [0.29, 0.717) is 6.04 Å². The molecular weight excluding hydrogens is 226 g/mol. The second kappa shape index (κ2) is 6.34. The van der Waals surface area contributed by atoms with Crippen LogP contribution in [0.15, 0.2) is 6.07 Å². The highest BCUT2D eigenvalue weighted by Gasteiger charge is 2.24. The van der Waals surface area contributed by atoms with Crippen molar-refractivity contribution in [2.75, 3.05) is 6.61 Å². The van der Waals surface area contributed by atoms with Crippen LogP contribution in [0.4, 0.5) is 0 Å². The summed E-state index contributed by atoms with van der Waals surface area (Å²) in [6.07, 6.45) is 5.48. The van der Waals surface area contributed by atoms with Crippen LogP contribution in [0.5, 0.6) is 0 Å². The fourth-order valence-electron chi connectivity index (χ4n) is 2.25. The van der Waals surface area contributed by atoms with Crippen LogP contribution >= 0.6 is 0 Å². The maximum absolute atomic E-state index is 9.37. The monoisotopic (exact) mass is 251 g/mol. The first-order valence-corrected chi connectivity index (χ1v) is 7.19. The van der Waals surface area contributed by atoms with Crippen LogP contribution < -0.4 is 5.32 Å². The predicted octanol–water partition coefficient (Wildman–Crippen LogP) is 1.51. The summed E-state index contributed by atoms with van der Waals surface area (Å²) in [5.74, 6) is 0. The summed E-state index contributed by atoms with van der Waals surface area (Å²) in [7, 11) is 0. The highest BCUT2D eigenvalue weighted by Crippen LogP contribution is 2.20. The lowest BCUT2D eigenvalue weighted by molar-refractivity contribution is 0.228. The molecule has 18 heavy (non-hydrogen) atoms. The average molecular weight is 251 g/mol. The molecule has 0 radical (unpaired) electrons. The standard InChI is InChI=1S/C14H25N3O/c1-3-11-9-14(4-2)17(16-11)8-7-13(10-18)15-12-5-6-12/h9,12-13,15,18H,3-8,10H2,1-2H3. The van der Waals surface area contributed by atoms with Crippen molar-refractivity contribution in [3.63, 3.8) is 0 Å². The molecule has 2 N–H and O–H groups in total. The van der Waals surface area contributed by atoms with Crippen LogP contribution in [0.2, 0.25) is 0 Å². The quantitative estimate of drug-likeness (QED) is 0.736. The van der Waals surface area contributed by atoms with E-state index in [4.69, 9.17) is 0 Å². The maximum Gasteiger partial charge on any atom is 0.0624 e. The Labute approximate surface area is 109 Å². The van der Waals surface area contributed by atoms with Crippen LogP contribution in [0.3, 0.4) is 0 Å². The lowest BCUT2D eigenvalue weighted by Crippen LogP contribution is -2.35. The molecule has 4 heteroatoms. The summed E-state index contributed by atoms with van der Waals surface area (Å²) < 4.78 is 2.11. The number of nitrogens with one attached hydrogen (secondary N) is 1. The summed E-state index contributed by atoms with van der Waals surface area (Å²) in [5, 5.41) is 17.5. The van der Waals surface area contributed by atoms with Crippen molar-refractivity contribution >= 4 is 0 Å². The molecule has 1 aliphatic rings. The van der Waals surface area contributed by atoms with Gasteiger partial charge in [-0.1, -0.05) is 13.8 Å². The van der Waals surface area contributed by atoms with Gasteiger partial charge < -0.3 is 10.4 Å². The van der Waals surface area contributed by atoms with Gasteiger partial charge in [-0.05, 0) is 38.2 Å². The molecule has 1 aromatic heterocycles. The van der Waals surface area contributed by atoms with Crippen LogP contribution in [-0.4, -0.2) is 33.6 Å². The summed E-state index contributed by atoms with van der Waals surface area (Å²) in [4.78, 5) is 0. The van der Waals surface area contributed by atoms with E-state index in [0.717, 1.165) is 25.8 Å². The van der Waals surface area contributed by atoms with Gasteiger partial charge in [0, 0.05) is 24.3 Å². The second-order valence-electron chi connectivity index (χ2n) is 5.17. The highest BCUT2D eigenvalue weighted by molar-refractivity contribution is 5.10. The molecule has 1 atom stereocenters. The highest BCUT2D eigenvalue weighted by atomic mass is 16.3. The Balaban J connectivity index is 1.88. The maximum atomic E-state index is 9.37. The molecule has 4 nitrogen and oxygen atoms in total. The summed E-state index contributed by atoms with van der Waals surface area (Å²) >= 11 is 0. The van der Waals surface area contributed by atoms with E-state index in [9.17, 15) is 5.11 Å². The van der Waals surface area contributed by atoms with Gasteiger partial charge in [0.2, 0.25) is 0 Å². The Hall–Kier alpha value is -0.870. The first-order valence-electron chi connectivity index (χ1n) is 7.19. The van der Waals surface area contributed by atoms with Gasteiger partial charge in [-0.3, -0.25) is 4.68 Å². The Morgan fingerprint density at radius 3 is 2.78 bits per heavy atom. The fourth-order valence-corrected chi connectivity index (χ4v) is 2.25. The third kappa shape index (κ3) is 3.56. The second-order valence-corrected chi connectivity index (χ2v) is 5.17. The zero-order valence-electron chi connectivity index (χ0n) is 11.5. The molecule has 0 spiro atoms. The molecule has 1 aromatic rings. The molecule has 1 saturated carbocycles. The minimum atomic E-state index is 0.219. The Morgan fingerprint density at radius 1 is 1.44 bits per heavy atom. The van der Waals surface area contributed by atoms with Gasteiger partial charge >= 0.3 is 0 Å². The molecular formula is C14H25N3O. The lowest BCUT2D eigenvalue weighted by Gasteiger charge is -2.16. The fraction of sp³-hybridized carbons (Fsp3) is 0.786. The molecule has 0 aliphatic heterocycles. The number of rotatable bonds is 8. The van der Waals surface area contributed by atoms with Crippen LogP contribution in [0.1, 0.15) is 44.5 Å². The topological polar surface area (TPSA) is 50.1 Å². The average Bonchev–Trinajstić information content (AvgIpc) is 3.12. The van der Waals surface area contributed by atoms with Crippen molar-refractivity contribution in [1.82, 2.24) is 15.1 Å². The molecule has 1 heterocycles. The zero-order valence-corrected chi connectivity index (χ0v) is 11.5. The zero-order chi connectivity index (χ0) is 13.0. The minimum Gasteiger partial charge on any atom is -0.395 e. The van der Waals surface area contributed by atoms with E-state index >= 15 is 0 Å². The van der Waals surface area contributed by atoms with E-state index in [1.807, 2.05) is 0 Å². The Morgan fingerprint density at radius 2 is 2.22 bits per heavy atom. The number of aromatic nitrogens is 2. The molecule has 0 bridgehead atoms. The van der Waals surface area contributed by atoms with E-state index in [-0.39, 0.29) is 12.6 Å². The normalized spacial score (nSPS) is 17.1. The number of aliphatic hydroxyl groups is 1. The molecule has 102 valence electrons. The van der Waals surface area contributed by atoms with E-state index in [1.54, 1.807) is 0 Å². The number of nitrogens with zero attached hydrogens (tertiary/aromatic N) is 2. The van der Waals surface area contributed by atoms with E-state index in [2.05, 4.69) is 35.0 Å². The molecule has 2 rings (SSSR count). The molecule has 1 unspecified atom stereocenters. The SMILES string of the molecule is CCc1cc(CC)n(CCC(CO)NC2CC2)n1. The number of hydrogen-bond donors (Lipinski definition) is 2. The van der Waals surface area contributed by atoms with Gasteiger partial charge in [-0.25, -0.2) is 0 Å². The van der Waals surface area contributed by atoms with Gasteiger partial charge in [0.25, 0.3) is 0 Å². The van der Waals surface area contributed by atoms with Gasteiger partial charge in [-0.15, -0.1) is 0 Å².